The van der Waals surface area contributed by atoms with Gasteiger partial charge in [-0.3, -0.25) is 0 Å². The predicted molar refractivity (Wildman–Crippen MR) is 64.9 cm³/mol. The summed E-state index contributed by atoms with van der Waals surface area (Å²) < 4.78 is 15.8. The number of quaternary nitrogens is 1. The minimum atomic E-state index is -1.23. The van der Waals surface area contributed by atoms with Crippen molar-refractivity contribution in [1.29, 1.82) is 0 Å². The minimum Gasteiger partial charge on any atom is -0.550 e. The van der Waals surface area contributed by atoms with Gasteiger partial charge in [0.15, 0.2) is 6.04 Å². The second-order valence-electron chi connectivity index (χ2n) is 5.16. The lowest BCUT2D eigenvalue weighted by molar-refractivity contribution is -0.924. The number of carboxylic acid groups (broad SMARTS) is 1. The van der Waals surface area contributed by atoms with E-state index in [4.69, 9.17) is 14.2 Å². The van der Waals surface area contributed by atoms with Gasteiger partial charge >= 0.3 is 5.97 Å². The monoisotopic (exact) mass is 287 g/mol. The largest absolute Gasteiger partial charge is 0.550 e. The van der Waals surface area contributed by atoms with Crippen molar-refractivity contribution in [2.24, 2.45) is 0 Å². The fourth-order valence-corrected chi connectivity index (χ4v) is 2.59. The van der Waals surface area contributed by atoms with Crippen molar-refractivity contribution in [2.45, 2.75) is 31.4 Å². The van der Waals surface area contributed by atoms with Crippen molar-refractivity contribution in [3.63, 3.8) is 0 Å². The number of ether oxygens (including phenoxy) is 3. The van der Waals surface area contributed by atoms with Crippen molar-refractivity contribution in [3.8, 4) is 0 Å². The van der Waals surface area contributed by atoms with Gasteiger partial charge in [0.1, 0.15) is 19.7 Å². The molecule has 2 aliphatic rings. The molecular weight excluding hydrogens is 266 g/mol. The Morgan fingerprint density at radius 1 is 1.30 bits per heavy atom. The molecule has 7 heteroatoms. The molecule has 0 aromatic rings. The van der Waals surface area contributed by atoms with Gasteiger partial charge in [0.05, 0.1) is 25.7 Å². The second kappa shape index (κ2) is 7.56. The first-order chi connectivity index (χ1) is 9.66. The first-order valence-electron chi connectivity index (χ1n) is 7.07. The summed E-state index contributed by atoms with van der Waals surface area (Å²) in [5.74, 6) is -1.72. The Kier molecular flexibility index (Phi) is 5.75. The van der Waals surface area contributed by atoms with E-state index >= 15 is 0 Å². The van der Waals surface area contributed by atoms with Crippen LogP contribution in [0.4, 0.5) is 0 Å². The molecule has 2 fully saturated rings. The SMILES string of the molecule is O=C([O-])C[C@H](C(=O)OC[C@H]1CCCO1)[NH+]1CCOCC1. The first kappa shape index (κ1) is 15.2. The topological polar surface area (TPSA) is 89.3 Å². The van der Waals surface area contributed by atoms with Gasteiger partial charge in [-0.2, -0.15) is 0 Å². The van der Waals surface area contributed by atoms with Crippen LogP contribution < -0.4 is 10.0 Å². The molecule has 114 valence electrons. The van der Waals surface area contributed by atoms with Crippen LogP contribution in [-0.4, -0.2) is 63.6 Å². The predicted octanol–water partition coefficient (Wildman–Crippen LogP) is -2.87. The fourth-order valence-electron chi connectivity index (χ4n) is 2.59. The molecule has 0 unspecified atom stereocenters. The lowest BCUT2D eigenvalue weighted by Crippen LogP contribution is -3.18. The summed E-state index contributed by atoms with van der Waals surface area (Å²) in [6, 6.07) is -0.717. The van der Waals surface area contributed by atoms with Gasteiger partial charge in [-0.05, 0) is 12.8 Å². The summed E-state index contributed by atoms with van der Waals surface area (Å²) in [6.07, 6.45) is 1.48. The van der Waals surface area contributed by atoms with E-state index in [-0.39, 0.29) is 19.1 Å². The summed E-state index contributed by atoms with van der Waals surface area (Å²) in [6.45, 7) is 3.15. The highest BCUT2D eigenvalue weighted by Crippen LogP contribution is 2.12. The molecule has 2 heterocycles. The number of rotatable bonds is 6. The molecule has 1 N–H and O–H groups in total. The molecule has 0 aromatic heterocycles. The zero-order valence-corrected chi connectivity index (χ0v) is 11.5. The molecule has 2 saturated heterocycles. The van der Waals surface area contributed by atoms with Crippen LogP contribution in [0.2, 0.25) is 0 Å². The van der Waals surface area contributed by atoms with E-state index in [1.54, 1.807) is 0 Å². The quantitative estimate of drug-likeness (QED) is 0.528. The molecule has 0 bridgehead atoms. The van der Waals surface area contributed by atoms with Crippen molar-refractivity contribution < 1.29 is 33.8 Å². The Bertz CT molecular complexity index is 336. The van der Waals surface area contributed by atoms with Crippen molar-refractivity contribution in [2.75, 3.05) is 39.5 Å². The van der Waals surface area contributed by atoms with E-state index in [2.05, 4.69) is 0 Å². The third-order valence-corrected chi connectivity index (χ3v) is 3.72. The van der Waals surface area contributed by atoms with E-state index in [9.17, 15) is 14.7 Å². The number of carboxylic acids is 1. The van der Waals surface area contributed by atoms with E-state index < -0.39 is 18.0 Å². The average molecular weight is 287 g/mol. The fraction of sp³-hybridized carbons (Fsp3) is 0.846. The van der Waals surface area contributed by atoms with Gasteiger partial charge in [0, 0.05) is 12.6 Å². The van der Waals surface area contributed by atoms with Crippen LogP contribution in [0.5, 0.6) is 0 Å². The zero-order chi connectivity index (χ0) is 14.4. The van der Waals surface area contributed by atoms with Crippen LogP contribution >= 0.6 is 0 Å². The molecule has 0 aliphatic carbocycles. The highest BCUT2D eigenvalue weighted by molar-refractivity contribution is 5.80. The van der Waals surface area contributed by atoms with Gasteiger partial charge in [-0.1, -0.05) is 0 Å². The van der Waals surface area contributed by atoms with Crippen molar-refractivity contribution >= 4 is 11.9 Å². The highest BCUT2D eigenvalue weighted by atomic mass is 16.6. The molecule has 0 radical (unpaired) electrons. The molecule has 2 aliphatic heterocycles. The van der Waals surface area contributed by atoms with E-state index in [0.29, 0.717) is 32.9 Å². The number of nitrogens with one attached hydrogen (secondary N) is 1. The maximum atomic E-state index is 12.1. The molecule has 0 saturated carbocycles. The number of morpholine rings is 1. The summed E-state index contributed by atoms with van der Waals surface area (Å²) in [7, 11) is 0. The van der Waals surface area contributed by atoms with Gasteiger partial charge in [-0.15, -0.1) is 0 Å². The minimum absolute atomic E-state index is 0.0535. The van der Waals surface area contributed by atoms with Crippen LogP contribution in [0.1, 0.15) is 19.3 Å². The molecule has 0 aromatic carbocycles. The molecule has 0 spiro atoms. The van der Waals surface area contributed by atoms with Gasteiger partial charge in [-0.25, -0.2) is 4.79 Å². The summed E-state index contributed by atoms with van der Waals surface area (Å²) in [5, 5.41) is 10.8. The van der Waals surface area contributed by atoms with Crippen LogP contribution in [-0.2, 0) is 23.8 Å². The molecule has 2 rings (SSSR count). The molecular formula is C13H21NO6. The van der Waals surface area contributed by atoms with Crippen molar-refractivity contribution in [3.05, 3.63) is 0 Å². The Labute approximate surface area is 117 Å². The second-order valence-corrected chi connectivity index (χ2v) is 5.16. The normalized spacial score (nSPS) is 25.3. The van der Waals surface area contributed by atoms with Crippen LogP contribution in [0, 0.1) is 0 Å². The Hall–Kier alpha value is -1.18. The summed E-state index contributed by atoms with van der Waals surface area (Å²) in [5.41, 5.74) is 0. The smallest absolute Gasteiger partial charge is 0.365 e. The standard InChI is InChI=1S/C13H21NO6/c15-12(16)8-11(14-3-6-18-7-4-14)13(17)20-9-10-2-1-5-19-10/h10-11H,1-9H2,(H,15,16)/t10-,11-/m1/s1. The third kappa shape index (κ3) is 4.43. The van der Waals surface area contributed by atoms with E-state index in [1.165, 1.54) is 0 Å². The molecule has 0 amide bonds. The number of hydrogen-bond donors (Lipinski definition) is 1. The highest BCUT2D eigenvalue weighted by Gasteiger charge is 2.33. The maximum absolute atomic E-state index is 12.1. The number of carbonyl (C=O) groups excluding carboxylic acids is 2. The zero-order valence-electron chi connectivity index (χ0n) is 11.5. The Balaban J connectivity index is 1.86. The number of esters is 1. The third-order valence-electron chi connectivity index (χ3n) is 3.72. The molecule has 20 heavy (non-hydrogen) atoms. The van der Waals surface area contributed by atoms with Crippen LogP contribution in [0.15, 0.2) is 0 Å². The van der Waals surface area contributed by atoms with Gasteiger partial charge < -0.3 is 29.0 Å². The summed E-state index contributed by atoms with van der Waals surface area (Å²) in [4.78, 5) is 23.8. The molecule has 7 nitrogen and oxygen atoms in total. The lowest BCUT2D eigenvalue weighted by Gasteiger charge is -2.30. The summed E-state index contributed by atoms with van der Waals surface area (Å²) >= 11 is 0. The van der Waals surface area contributed by atoms with Gasteiger partial charge in [0.2, 0.25) is 0 Å². The lowest BCUT2D eigenvalue weighted by atomic mass is 10.1. The number of aliphatic carboxylic acids is 1. The molecule has 2 atom stereocenters. The van der Waals surface area contributed by atoms with E-state index in [1.807, 2.05) is 0 Å². The van der Waals surface area contributed by atoms with Crippen molar-refractivity contribution in [1.82, 2.24) is 0 Å². The van der Waals surface area contributed by atoms with Gasteiger partial charge in [0.25, 0.3) is 0 Å². The van der Waals surface area contributed by atoms with Crippen LogP contribution in [0.25, 0.3) is 0 Å². The number of hydrogen-bond acceptors (Lipinski definition) is 6. The van der Waals surface area contributed by atoms with Crippen LogP contribution in [0.3, 0.4) is 0 Å². The van der Waals surface area contributed by atoms with E-state index in [0.717, 1.165) is 17.7 Å². The maximum Gasteiger partial charge on any atom is 0.365 e. The first-order valence-corrected chi connectivity index (χ1v) is 7.07. The Morgan fingerprint density at radius 3 is 2.65 bits per heavy atom. The Morgan fingerprint density at radius 2 is 2.05 bits per heavy atom. The number of carbonyl (C=O) groups is 2. The average Bonchev–Trinajstić information content (AvgIpc) is 2.96.